The Labute approximate surface area is 123 Å². The largest absolute Gasteiger partial charge is 0.493 e. The molecule has 2 N–H and O–H groups in total. The first-order valence-corrected chi connectivity index (χ1v) is 8.30. The van der Waals surface area contributed by atoms with Crippen molar-refractivity contribution in [3.05, 3.63) is 29.8 Å². The number of benzene rings is 1. The topological polar surface area (TPSA) is 35.2 Å². The van der Waals surface area contributed by atoms with E-state index in [0.29, 0.717) is 5.92 Å². The molecule has 1 aromatic carbocycles. The summed E-state index contributed by atoms with van der Waals surface area (Å²) in [5, 5.41) is 0. The summed E-state index contributed by atoms with van der Waals surface area (Å²) in [7, 11) is 0. The lowest BCUT2D eigenvalue weighted by atomic mass is 9.90. The molecule has 0 spiro atoms. The highest BCUT2D eigenvalue weighted by Crippen LogP contribution is 2.36. The molecule has 1 aliphatic rings. The Morgan fingerprint density at radius 2 is 1.80 bits per heavy atom. The van der Waals surface area contributed by atoms with Crippen LogP contribution in [0.1, 0.15) is 69.8 Å². The van der Waals surface area contributed by atoms with Gasteiger partial charge in [-0.25, -0.2) is 0 Å². The first-order valence-electron chi connectivity index (χ1n) is 8.30. The molecule has 2 atom stereocenters. The molecule has 0 bridgehead atoms. The molecule has 2 rings (SSSR count). The summed E-state index contributed by atoms with van der Waals surface area (Å²) in [4.78, 5) is 0. The van der Waals surface area contributed by atoms with Crippen molar-refractivity contribution in [2.45, 2.75) is 70.3 Å². The molecule has 0 aliphatic carbocycles. The fourth-order valence-electron chi connectivity index (χ4n) is 3.08. The maximum atomic E-state index is 6.38. The average molecular weight is 275 g/mol. The monoisotopic (exact) mass is 275 g/mol. The maximum Gasteiger partial charge on any atom is 0.122 e. The zero-order chi connectivity index (χ0) is 14.2. The van der Waals surface area contributed by atoms with Gasteiger partial charge in [0.2, 0.25) is 0 Å². The van der Waals surface area contributed by atoms with Crippen molar-refractivity contribution >= 4 is 0 Å². The number of rotatable bonds is 9. The van der Waals surface area contributed by atoms with E-state index in [1.807, 2.05) is 6.07 Å². The summed E-state index contributed by atoms with van der Waals surface area (Å²) < 4.78 is 5.72. The fourth-order valence-corrected chi connectivity index (χ4v) is 3.08. The van der Waals surface area contributed by atoms with Crippen LogP contribution in [0.3, 0.4) is 0 Å². The second kappa shape index (κ2) is 8.31. The highest BCUT2D eigenvalue weighted by molar-refractivity contribution is 5.40. The second-order valence-corrected chi connectivity index (χ2v) is 6.03. The second-order valence-electron chi connectivity index (χ2n) is 6.03. The van der Waals surface area contributed by atoms with Gasteiger partial charge in [0.15, 0.2) is 0 Å². The Bertz CT molecular complexity index is 391. The normalized spacial score (nSPS) is 18.6. The molecule has 0 aromatic heterocycles. The van der Waals surface area contributed by atoms with Crippen LogP contribution in [-0.2, 0) is 0 Å². The first kappa shape index (κ1) is 15.4. The minimum atomic E-state index is 0.245. The third-order valence-corrected chi connectivity index (χ3v) is 4.39. The van der Waals surface area contributed by atoms with Crippen LogP contribution in [0.5, 0.6) is 5.75 Å². The van der Waals surface area contributed by atoms with E-state index in [1.54, 1.807) is 0 Å². The lowest BCUT2D eigenvalue weighted by Gasteiger charge is -2.18. The molecular formula is C18H29NO. The molecule has 20 heavy (non-hydrogen) atoms. The van der Waals surface area contributed by atoms with Crippen molar-refractivity contribution in [2.24, 2.45) is 5.73 Å². The Balaban J connectivity index is 1.65. The summed E-state index contributed by atoms with van der Waals surface area (Å²) in [6.45, 7) is 3.03. The zero-order valence-electron chi connectivity index (χ0n) is 12.8. The molecular weight excluding hydrogens is 246 g/mol. The number of hydrogen-bond donors (Lipinski definition) is 1. The van der Waals surface area contributed by atoms with Gasteiger partial charge >= 0.3 is 0 Å². The van der Waals surface area contributed by atoms with Crippen LogP contribution in [0, 0.1) is 0 Å². The predicted molar refractivity (Wildman–Crippen MR) is 85.3 cm³/mol. The van der Waals surface area contributed by atoms with Gasteiger partial charge in [-0.1, -0.05) is 70.1 Å². The van der Waals surface area contributed by atoms with E-state index >= 15 is 0 Å². The fraction of sp³-hybridized carbons (Fsp3) is 0.667. The van der Waals surface area contributed by atoms with Crippen LogP contribution in [0.4, 0.5) is 0 Å². The number of unbranched alkanes of at least 4 members (excludes halogenated alkanes) is 6. The Kier molecular flexibility index (Phi) is 6.38. The minimum Gasteiger partial charge on any atom is -0.493 e. The number of nitrogens with two attached hydrogens (primary N) is 1. The summed E-state index contributed by atoms with van der Waals surface area (Å²) in [5.74, 6) is 1.43. The van der Waals surface area contributed by atoms with Crippen LogP contribution in [0.25, 0.3) is 0 Å². The summed E-state index contributed by atoms with van der Waals surface area (Å²) in [5.41, 5.74) is 7.68. The lowest BCUT2D eigenvalue weighted by molar-refractivity contribution is 0.307. The molecule has 1 aliphatic heterocycles. The molecule has 0 saturated carbocycles. The predicted octanol–water partition coefficient (Wildman–Crippen LogP) is 4.63. The molecule has 2 unspecified atom stereocenters. The van der Waals surface area contributed by atoms with Crippen LogP contribution >= 0.6 is 0 Å². The van der Waals surface area contributed by atoms with E-state index in [-0.39, 0.29) is 6.04 Å². The SMILES string of the molecule is CCCCCCCCCC(N)C1COc2ccccc21. The van der Waals surface area contributed by atoms with Crippen LogP contribution in [0.15, 0.2) is 24.3 Å². The van der Waals surface area contributed by atoms with Crippen molar-refractivity contribution in [1.82, 2.24) is 0 Å². The van der Waals surface area contributed by atoms with Crippen molar-refractivity contribution in [3.63, 3.8) is 0 Å². The number of para-hydroxylation sites is 1. The molecule has 0 amide bonds. The molecule has 2 nitrogen and oxygen atoms in total. The van der Waals surface area contributed by atoms with Gasteiger partial charge in [-0.05, 0) is 12.5 Å². The Morgan fingerprint density at radius 3 is 2.60 bits per heavy atom. The number of hydrogen-bond acceptors (Lipinski definition) is 2. The van der Waals surface area contributed by atoms with Gasteiger partial charge in [-0.3, -0.25) is 0 Å². The van der Waals surface area contributed by atoms with E-state index in [9.17, 15) is 0 Å². The van der Waals surface area contributed by atoms with E-state index < -0.39 is 0 Å². The summed E-state index contributed by atoms with van der Waals surface area (Å²) in [6, 6.07) is 8.58. The Hall–Kier alpha value is -1.02. The zero-order valence-corrected chi connectivity index (χ0v) is 12.8. The van der Waals surface area contributed by atoms with Crippen molar-refractivity contribution < 1.29 is 4.74 Å². The maximum absolute atomic E-state index is 6.38. The van der Waals surface area contributed by atoms with Crippen molar-refractivity contribution in [2.75, 3.05) is 6.61 Å². The lowest BCUT2D eigenvalue weighted by Crippen LogP contribution is -2.29. The molecule has 1 aromatic rings. The van der Waals surface area contributed by atoms with Gasteiger partial charge in [-0.15, -0.1) is 0 Å². The van der Waals surface area contributed by atoms with Crippen molar-refractivity contribution in [1.29, 1.82) is 0 Å². The molecule has 112 valence electrons. The Morgan fingerprint density at radius 1 is 1.10 bits per heavy atom. The van der Waals surface area contributed by atoms with Gasteiger partial charge in [0.25, 0.3) is 0 Å². The standard InChI is InChI=1S/C18H29NO/c1-2-3-4-5-6-7-8-12-17(19)16-14-20-18-13-10-9-11-15(16)18/h9-11,13,16-17H,2-8,12,14,19H2,1H3. The average Bonchev–Trinajstić information content (AvgIpc) is 2.90. The van der Waals surface area contributed by atoms with E-state index in [1.165, 1.54) is 50.5 Å². The smallest absolute Gasteiger partial charge is 0.122 e. The van der Waals surface area contributed by atoms with Gasteiger partial charge < -0.3 is 10.5 Å². The summed E-state index contributed by atoms with van der Waals surface area (Å²) >= 11 is 0. The molecule has 0 fully saturated rings. The van der Waals surface area contributed by atoms with Crippen LogP contribution in [-0.4, -0.2) is 12.6 Å². The van der Waals surface area contributed by atoms with E-state index in [2.05, 4.69) is 25.1 Å². The highest BCUT2D eigenvalue weighted by atomic mass is 16.5. The first-order chi connectivity index (χ1) is 9.83. The molecule has 0 radical (unpaired) electrons. The quantitative estimate of drug-likeness (QED) is 0.667. The van der Waals surface area contributed by atoms with E-state index in [4.69, 9.17) is 10.5 Å². The van der Waals surface area contributed by atoms with Crippen LogP contribution in [0.2, 0.25) is 0 Å². The minimum absolute atomic E-state index is 0.245. The molecule has 1 heterocycles. The van der Waals surface area contributed by atoms with Gasteiger partial charge in [0.05, 0.1) is 6.61 Å². The van der Waals surface area contributed by atoms with Gasteiger partial charge in [0, 0.05) is 17.5 Å². The molecule has 2 heteroatoms. The van der Waals surface area contributed by atoms with Crippen molar-refractivity contribution in [3.8, 4) is 5.75 Å². The van der Waals surface area contributed by atoms with E-state index in [0.717, 1.165) is 18.8 Å². The summed E-state index contributed by atoms with van der Waals surface area (Å²) in [6.07, 6.45) is 10.6. The third-order valence-electron chi connectivity index (χ3n) is 4.39. The highest BCUT2D eigenvalue weighted by Gasteiger charge is 2.28. The van der Waals surface area contributed by atoms with Gasteiger partial charge in [0.1, 0.15) is 5.75 Å². The van der Waals surface area contributed by atoms with Crippen LogP contribution < -0.4 is 10.5 Å². The molecule has 0 saturated heterocycles. The number of ether oxygens (including phenoxy) is 1. The van der Waals surface area contributed by atoms with Gasteiger partial charge in [-0.2, -0.15) is 0 Å². The number of fused-ring (bicyclic) bond motifs is 1. The third kappa shape index (κ3) is 4.24.